The molecule has 0 aliphatic rings. The molecular weight excluding hydrogens is 501 g/mol. The van der Waals surface area contributed by atoms with Crippen LogP contribution in [0.5, 0.6) is 0 Å². The van der Waals surface area contributed by atoms with Gasteiger partial charge in [-0.15, -0.1) is 11.3 Å². The molecule has 0 aliphatic carbocycles. The first-order valence-electron chi connectivity index (χ1n) is 10.8. The third kappa shape index (κ3) is 9.40. The van der Waals surface area contributed by atoms with Crippen LogP contribution < -0.4 is 10.4 Å². The molecule has 2 rings (SSSR count). The fraction of sp³-hybridized carbons (Fsp3) is 0.458. The van der Waals surface area contributed by atoms with Crippen LogP contribution >= 0.6 is 11.3 Å². The molecule has 0 saturated carbocycles. The second-order valence-corrected chi connectivity index (χ2v) is 8.54. The van der Waals surface area contributed by atoms with E-state index in [1.807, 2.05) is 30.3 Å². The van der Waals surface area contributed by atoms with Crippen LogP contribution in [0.3, 0.4) is 0 Å². The van der Waals surface area contributed by atoms with Gasteiger partial charge in [-0.3, -0.25) is 4.79 Å². The van der Waals surface area contributed by atoms with E-state index in [2.05, 4.69) is 19.3 Å². The molecule has 1 heterocycles. The zero-order valence-electron chi connectivity index (χ0n) is 19.0. The second kappa shape index (κ2) is 15.7. The van der Waals surface area contributed by atoms with Crippen molar-refractivity contribution in [2.45, 2.75) is 58.5 Å². The van der Waals surface area contributed by atoms with E-state index < -0.39 is 6.10 Å². The van der Waals surface area contributed by atoms with Gasteiger partial charge in [0, 0.05) is 51.1 Å². The Balaban J connectivity index is 0.00000512. The Hall–Kier alpha value is -1.12. The molecule has 32 heavy (non-hydrogen) atoms. The van der Waals surface area contributed by atoms with Crippen molar-refractivity contribution >= 4 is 28.9 Å². The van der Waals surface area contributed by atoms with Crippen molar-refractivity contribution in [3.05, 3.63) is 58.6 Å². The van der Waals surface area contributed by atoms with Gasteiger partial charge in [-0.1, -0.05) is 38.3 Å². The average molecular weight is 535 g/mol. The quantitative estimate of drug-likeness (QED) is 0.166. The number of aryl methyl sites for hydroxylation is 1. The molecular formula is C24H33N2O4SY-. The maximum atomic E-state index is 12.1. The summed E-state index contributed by atoms with van der Waals surface area (Å²) in [4.78, 5) is 25.5. The van der Waals surface area contributed by atoms with Gasteiger partial charge in [-0.2, -0.15) is 0 Å². The Morgan fingerprint density at radius 1 is 1.16 bits per heavy atom. The molecule has 2 aromatic rings. The number of carbonyl (C=O) groups is 2. The smallest absolute Gasteiger partial charge is 0.345 e. The summed E-state index contributed by atoms with van der Waals surface area (Å²) in [6, 6.07) is 11.2. The summed E-state index contributed by atoms with van der Waals surface area (Å²) in [5, 5.41) is 11.8. The standard InChI is InChI=1S/C24H33N2O4S.Y/c1-4-6-7-10-22(28)19-11-13-20(14-12-19)26(18(3)27)25-17-8-9-21-15-16-23(31-21)24(29)30-5-2;/h11-16,22,25,28H,2,4-10,17H2,1,3H3;/q-1;. The van der Waals surface area contributed by atoms with Gasteiger partial charge in [0.1, 0.15) is 4.88 Å². The first-order chi connectivity index (χ1) is 15.0. The topological polar surface area (TPSA) is 78.9 Å². The Morgan fingerprint density at radius 2 is 1.88 bits per heavy atom. The number of thiophene rings is 1. The molecule has 1 radical (unpaired) electrons. The van der Waals surface area contributed by atoms with Crippen LogP contribution in [-0.2, 0) is 48.7 Å². The zero-order valence-corrected chi connectivity index (χ0v) is 22.7. The van der Waals surface area contributed by atoms with E-state index in [0.29, 0.717) is 11.4 Å². The van der Waals surface area contributed by atoms with Crippen molar-refractivity contribution in [1.29, 1.82) is 0 Å². The number of esters is 1. The SMILES string of the molecule is [CH2-]COC(=O)c1ccc(CCCNN(C(C)=O)c2ccc(C(O)CCCCC)cc2)s1.[Y]. The van der Waals surface area contributed by atoms with Crippen LogP contribution in [-0.4, -0.2) is 30.1 Å². The summed E-state index contributed by atoms with van der Waals surface area (Å²) >= 11 is 1.42. The number of aliphatic hydroxyl groups excluding tert-OH is 1. The van der Waals surface area contributed by atoms with E-state index in [-0.39, 0.29) is 51.2 Å². The molecule has 2 N–H and O–H groups in total. The summed E-state index contributed by atoms with van der Waals surface area (Å²) in [6.07, 6.45) is 5.13. The van der Waals surface area contributed by atoms with Gasteiger partial charge < -0.3 is 16.8 Å². The van der Waals surface area contributed by atoms with Crippen molar-refractivity contribution in [3.63, 3.8) is 0 Å². The van der Waals surface area contributed by atoms with Crippen LogP contribution in [0.4, 0.5) is 5.69 Å². The number of carbonyl (C=O) groups excluding carboxylic acids is 2. The third-order valence-corrected chi connectivity index (χ3v) is 6.02. The van der Waals surface area contributed by atoms with E-state index >= 15 is 0 Å². The summed E-state index contributed by atoms with van der Waals surface area (Å²) < 4.78 is 4.91. The number of anilines is 1. The minimum Gasteiger partial charge on any atom is -0.495 e. The molecule has 173 valence electrons. The number of benzene rings is 1. The normalized spacial score (nSPS) is 11.5. The van der Waals surface area contributed by atoms with Crippen LogP contribution in [0, 0.1) is 6.92 Å². The number of ether oxygens (including phenoxy) is 1. The van der Waals surface area contributed by atoms with Gasteiger partial charge in [0.05, 0.1) is 11.8 Å². The van der Waals surface area contributed by atoms with E-state index in [1.54, 1.807) is 6.07 Å². The van der Waals surface area contributed by atoms with Gasteiger partial charge in [0.25, 0.3) is 0 Å². The molecule has 0 bridgehead atoms. The number of hydrogen-bond acceptors (Lipinski definition) is 6. The number of hydrazine groups is 1. The van der Waals surface area contributed by atoms with E-state index in [4.69, 9.17) is 4.74 Å². The van der Waals surface area contributed by atoms with Crippen molar-refractivity contribution in [2.75, 3.05) is 18.2 Å². The van der Waals surface area contributed by atoms with Crippen molar-refractivity contribution < 1.29 is 52.1 Å². The first-order valence-corrected chi connectivity index (χ1v) is 11.6. The Morgan fingerprint density at radius 3 is 2.50 bits per heavy atom. The predicted octanol–water partition coefficient (Wildman–Crippen LogP) is 4.84. The minimum atomic E-state index is -0.471. The molecule has 0 saturated heterocycles. The molecule has 8 heteroatoms. The molecule has 6 nitrogen and oxygen atoms in total. The van der Waals surface area contributed by atoms with Crippen LogP contribution in [0.15, 0.2) is 36.4 Å². The third-order valence-electron chi connectivity index (χ3n) is 4.90. The molecule has 1 unspecified atom stereocenters. The largest absolute Gasteiger partial charge is 0.495 e. The minimum absolute atomic E-state index is 0. The van der Waals surface area contributed by atoms with E-state index in [9.17, 15) is 14.7 Å². The summed E-state index contributed by atoms with van der Waals surface area (Å²) in [6.45, 7) is 7.90. The molecule has 0 spiro atoms. The van der Waals surface area contributed by atoms with E-state index in [1.165, 1.54) is 23.3 Å². The molecule has 0 fully saturated rings. The maximum absolute atomic E-state index is 12.1. The second-order valence-electron chi connectivity index (χ2n) is 7.37. The Kier molecular flexibility index (Phi) is 14.2. The maximum Gasteiger partial charge on any atom is 0.345 e. The van der Waals surface area contributed by atoms with Gasteiger partial charge >= 0.3 is 5.97 Å². The number of rotatable bonds is 13. The van der Waals surface area contributed by atoms with Crippen molar-refractivity contribution in [3.8, 4) is 0 Å². The van der Waals surface area contributed by atoms with Gasteiger partial charge in [-0.25, -0.2) is 15.2 Å². The van der Waals surface area contributed by atoms with Gasteiger partial charge in [0.2, 0.25) is 5.91 Å². The number of unbranched alkanes of at least 4 members (excludes halogenated alkanes) is 2. The number of aliphatic hydroxyl groups is 1. The van der Waals surface area contributed by atoms with E-state index in [0.717, 1.165) is 54.7 Å². The fourth-order valence-corrected chi connectivity index (χ4v) is 4.17. The Labute approximate surface area is 220 Å². The fourth-order valence-electron chi connectivity index (χ4n) is 3.22. The molecule has 1 atom stereocenters. The number of nitrogens with one attached hydrogen (secondary N) is 1. The van der Waals surface area contributed by atoms with Crippen molar-refractivity contribution in [1.82, 2.24) is 5.43 Å². The number of nitrogens with zero attached hydrogens (tertiary/aromatic N) is 1. The van der Waals surface area contributed by atoms with Crippen LogP contribution in [0.1, 0.15) is 72.2 Å². The van der Waals surface area contributed by atoms with Crippen molar-refractivity contribution in [2.24, 2.45) is 0 Å². The molecule has 0 aliphatic heterocycles. The van der Waals surface area contributed by atoms with Gasteiger partial charge in [0.15, 0.2) is 0 Å². The number of amides is 1. The summed E-state index contributed by atoms with van der Waals surface area (Å²) in [5.41, 5.74) is 4.78. The summed E-state index contributed by atoms with van der Waals surface area (Å²) in [5.74, 6) is -0.448. The number of hydrogen-bond donors (Lipinski definition) is 2. The first kappa shape index (κ1) is 28.9. The Bertz CT molecular complexity index is 826. The molecule has 1 aromatic carbocycles. The summed E-state index contributed by atoms with van der Waals surface area (Å²) in [7, 11) is 0. The zero-order chi connectivity index (χ0) is 22.6. The van der Waals surface area contributed by atoms with Crippen LogP contribution in [0.2, 0.25) is 0 Å². The van der Waals surface area contributed by atoms with Gasteiger partial charge in [-0.05, 0) is 55.7 Å². The average Bonchev–Trinajstić information content (AvgIpc) is 3.23. The predicted molar refractivity (Wildman–Crippen MR) is 125 cm³/mol. The monoisotopic (exact) mass is 534 g/mol. The van der Waals surface area contributed by atoms with Crippen LogP contribution in [0.25, 0.3) is 0 Å². The molecule has 1 aromatic heterocycles. The molecule has 1 amide bonds.